The lowest BCUT2D eigenvalue weighted by atomic mass is 9.95. The van der Waals surface area contributed by atoms with E-state index in [1.807, 2.05) is 41.3 Å². The summed E-state index contributed by atoms with van der Waals surface area (Å²) in [4.78, 5) is 14.9. The number of fused-ring (bicyclic) bond motifs is 1. The van der Waals surface area contributed by atoms with Crippen LogP contribution in [0.1, 0.15) is 48.3 Å². The van der Waals surface area contributed by atoms with Gasteiger partial charge in [0.25, 0.3) is 5.91 Å². The van der Waals surface area contributed by atoms with Gasteiger partial charge in [0.15, 0.2) is 0 Å². The van der Waals surface area contributed by atoms with E-state index in [0.717, 1.165) is 22.4 Å². The van der Waals surface area contributed by atoms with Crippen LogP contribution < -0.4 is 4.74 Å². The Balaban J connectivity index is 2.21. The van der Waals surface area contributed by atoms with Crippen LogP contribution in [-0.2, 0) is 0 Å². The average Bonchev–Trinajstić information content (AvgIpc) is 2.80. The van der Waals surface area contributed by atoms with Gasteiger partial charge < -0.3 is 9.64 Å². The summed E-state index contributed by atoms with van der Waals surface area (Å²) < 4.78 is 5.35. The van der Waals surface area contributed by atoms with Gasteiger partial charge in [0.1, 0.15) is 5.75 Å². The molecule has 0 fully saturated rings. The van der Waals surface area contributed by atoms with Gasteiger partial charge in [-0.15, -0.1) is 0 Å². The Hall–Kier alpha value is -2.29. The van der Waals surface area contributed by atoms with E-state index in [-0.39, 0.29) is 17.5 Å². The first-order valence-electron chi connectivity index (χ1n) is 7.50. The molecule has 2 aromatic rings. The fourth-order valence-corrected chi connectivity index (χ4v) is 3.13. The molecular weight excluding hydrogens is 274 g/mol. The van der Waals surface area contributed by atoms with Crippen molar-refractivity contribution in [1.82, 2.24) is 4.90 Å². The Bertz CT molecular complexity index is 701. The summed E-state index contributed by atoms with van der Waals surface area (Å²) in [6.45, 7) is 6.22. The van der Waals surface area contributed by atoms with Crippen molar-refractivity contribution in [2.75, 3.05) is 7.11 Å². The van der Waals surface area contributed by atoms with E-state index in [1.165, 1.54) is 0 Å². The summed E-state index contributed by atoms with van der Waals surface area (Å²) in [5, 5.41) is 0. The fraction of sp³-hybridized carbons (Fsp3) is 0.316. The summed E-state index contributed by atoms with van der Waals surface area (Å²) in [6, 6.07) is 15.8. The highest BCUT2D eigenvalue weighted by molar-refractivity contribution is 6.00. The number of benzene rings is 2. The predicted octanol–water partition coefficient (Wildman–Crippen LogP) is 4.04. The number of hydrogen-bond donors (Lipinski definition) is 0. The SMILES string of the molecule is COc1ccc2c(c1)[C@@H](c1ccccc1)N(C(C)(C)C)C2=O. The molecule has 2 aromatic carbocycles. The number of ether oxygens (including phenoxy) is 1. The highest BCUT2D eigenvalue weighted by atomic mass is 16.5. The maximum absolute atomic E-state index is 12.9. The summed E-state index contributed by atoms with van der Waals surface area (Å²) in [7, 11) is 1.65. The van der Waals surface area contributed by atoms with E-state index < -0.39 is 0 Å². The standard InChI is InChI=1S/C19H21NO2/c1-19(2,3)20-17(13-8-6-5-7-9-13)16-12-14(22-4)10-11-15(16)18(20)21/h5-12,17H,1-4H3/t17-/m1/s1. The number of nitrogens with zero attached hydrogens (tertiary/aromatic N) is 1. The first-order valence-corrected chi connectivity index (χ1v) is 7.50. The topological polar surface area (TPSA) is 29.5 Å². The van der Waals surface area contributed by atoms with Crippen molar-refractivity contribution in [2.45, 2.75) is 32.4 Å². The van der Waals surface area contributed by atoms with Crippen molar-refractivity contribution >= 4 is 5.91 Å². The van der Waals surface area contributed by atoms with Crippen LogP contribution in [0.3, 0.4) is 0 Å². The van der Waals surface area contributed by atoms with Crippen LogP contribution in [0.25, 0.3) is 0 Å². The van der Waals surface area contributed by atoms with E-state index in [1.54, 1.807) is 7.11 Å². The van der Waals surface area contributed by atoms with Crippen LogP contribution in [0.5, 0.6) is 5.75 Å². The van der Waals surface area contributed by atoms with Gasteiger partial charge in [-0.25, -0.2) is 0 Å². The Labute approximate surface area is 131 Å². The van der Waals surface area contributed by atoms with Crippen LogP contribution >= 0.6 is 0 Å². The van der Waals surface area contributed by atoms with Gasteiger partial charge in [0.2, 0.25) is 0 Å². The third kappa shape index (κ3) is 2.27. The smallest absolute Gasteiger partial charge is 0.255 e. The van der Waals surface area contributed by atoms with Crippen molar-refractivity contribution in [2.24, 2.45) is 0 Å². The molecular formula is C19H21NO2. The van der Waals surface area contributed by atoms with E-state index in [4.69, 9.17) is 4.74 Å². The Morgan fingerprint density at radius 1 is 1.05 bits per heavy atom. The minimum Gasteiger partial charge on any atom is -0.497 e. The van der Waals surface area contributed by atoms with Crippen molar-refractivity contribution < 1.29 is 9.53 Å². The number of amides is 1. The maximum Gasteiger partial charge on any atom is 0.255 e. The van der Waals surface area contributed by atoms with Crippen molar-refractivity contribution in [3.05, 3.63) is 65.2 Å². The van der Waals surface area contributed by atoms with Crippen LogP contribution in [0.4, 0.5) is 0 Å². The zero-order valence-electron chi connectivity index (χ0n) is 13.5. The predicted molar refractivity (Wildman–Crippen MR) is 87.2 cm³/mol. The molecule has 0 radical (unpaired) electrons. The first-order chi connectivity index (χ1) is 10.4. The number of carbonyl (C=O) groups is 1. The number of rotatable bonds is 2. The molecule has 1 aliphatic heterocycles. The first kappa shape index (κ1) is 14.6. The molecule has 0 aliphatic carbocycles. The van der Waals surface area contributed by atoms with Gasteiger partial charge in [0.05, 0.1) is 13.2 Å². The number of hydrogen-bond acceptors (Lipinski definition) is 2. The highest BCUT2D eigenvalue weighted by Gasteiger charge is 2.43. The molecule has 3 rings (SSSR count). The normalized spacial score (nSPS) is 17.5. The molecule has 0 saturated heterocycles. The second-order valence-corrected chi connectivity index (χ2v) is 6.61. The monoisotopic (exact) mass is 295 g/mol. The lowest BCUT2D eigenvalue weighted by molar-refractivity contribution is 0.0552. The van der Waals surface area contributed by atoms with Gasteiger partial charge >= 0.3 is 0 Å². The lowest BCUT2D eigenvalue weighted by Crippen LogP contribution is -2.44. The van der Waals surface area contributed by atoms with Gasteiger partial charge in [-0.1, -0.05) is 30.3 Å². The van der Waals surface area contributed by atoms with E-state index in [9.17, 15) is 4.79 Å². The lowest BCUT2D eigenvalue weighted by Gasteiger charge is -2.37. The summed E-state index contributed by atoms with van der Waals surface area (Å²) in [5.74, 6) is 0.863. The van der Waals surface area contributed by atoms with Crippen LogP contribution in [-0.4, -0.2) is 23.5 Å². The average molecular weight is 295 g/mol. The molecule has 0 spiro atoms. The molecule has 114 valence electrons. The van der Waals surface area contributed by atoms with E-state index >= 15 is 0 Å². The molecule has 1 aliphatic rings. The van der Waals surface area contributed by atoms with Gasteiger partial charge in [-0.3, -0.25) is 4.79 Å². The zero-order valence-corrected chi connectivity index (χ0v) is 13.5. The minimum absolute atomic E-state index is 0.0706. The molecule has 0 aromatic heterocycles. The van der Waals surface area contributed by atoms with Crippen LogP contribution in [0, 0.1) is 0 Å². The molecule has 3 heteroatoms. The Morgan fingerprint density at radius 3 is 2.32 bits per heavy atom. The zero-order chi connectivity index (χ0) is 15.9. The van der Waals surface area contributed by atoms with Crippen molar-refractivity contribution in [3.63, 3.8) is 0 Å². The summed E-state index contributed by atoms with van der Waals surface area (Å²) in [6.07, 6.45) is 0. The maximum atomic E-state index is 12.9. The third-order valence-electron chi connectivity index (χ3n) is 4.10. The molecule has 0 saturated carbocycles. The Kier molecular flexibility index (Phi) is 3.44. The molecule has 3 nitrogen and oxygen atoms in total. The quantitative estimate of drug-likeness (QED) is 0.837. The molecule has 1 atom stereocenters. The molecule has 22 heavy (non-hydrogen) atoms. The number of carbonyl (C=O) groups excluding carboxylic acids is 1. The van der Waals surface area contributed by atoms with E-state index in [2.05, 4.69) is 32.9 Å². The second kappa shape index (κ2) is 5.16. The molecule has 0 unspecified atom stereocenters. The van der Waals surface area contributed by atoms with Gasteiger partial charge in [-0.2, -0.15) is 0 Å². The molecule has 1 amide bonds. The highest BCUT2D eigenvalue weighted by Crippen LogP contribution is 2.43. The van der Waals surface area contributed by atoms with Gasteiger partial charge in [0, 0.05) is 11.1 Å². The van der Waals surface area contributed by atoms with Gasteiger partial charge in [-0.05, 0) is 50.1 Å². The van der Waals surface area contributed by atoms with Crippen molar-refractivity contribution in [3.8, 4) is 5.75 Å². The van der Waals surface area contributed by atoms with Crippen LogP contribution in [0.2, 0.25) is 0 Å². The Morgan fingerprint density at radius 2 is 1.73 bits per heavy atom. The van der Waals surface area contributed by atoms with E-state index in [0.29, 0.717) is 0 Å². The van der Waals surface area contributed by atoms with Crippen molar-refractivity contribution in [1.29, 1.82) is 0 Å². The molecule has 0 bridgehead atoms. The summed E-state index contributed by atoms with van der Waals surface area (Å²) >= 11 is 0. The third-order valence-corrected chi connectivity index (χ3v) is 4.10. The summed E-state index contributed by atoms with van der Waals surface area (Å²) in [5.41, 5.74) is 2.65. The number of methoxy groups -OCH3 is 1. The van der Waals surface area contributed by atoms with Crippen LogP contribution in [0.15, 0.2) is 48.5 Å². The fourth-order valence-electron chi connectivity index (χ4n) is 3.13. The largest absolute Gasteiger partial charge is 0.497 e. The molecule has 0 N–H and O–H groups in total. The minimum atomic E-state index is -0.260. The second-order valence-electron chi connectivity index (χ2n) is 6.61. The molecule has 1 heterocycles.